The van der Waals surface area contributed by atoms with Gasteiger partial charge < -0.3 is 19.5 Å². The molecule has 8 heteroatoms. The Morgan fingerprint density at radius 3 is 2.61 bits per heavy atom. The summed E-state index contributed by atoms with van der Waals surface area (Å²) in [5.74, 6) is 0.576. The molecule has 0 spiro atoms. The van der Waals surface area contributed by atoms with Gasteiger partial charge in [-0.15, -0.1) is 0 Å². The summed E-state index contributed by atoms with van der Waals surface area (Å²) < 4.78 is 30.7. The normalized spacial score (nSPS) is 15.4. The average Bonchev–Trinajstić information content (AvgIpc) is 2.79. The minimum absolute atomic E-state index is 0.0778. The molecular weight excluding hydrogens is 467 g/mol. The molecule has 1 aliphatic rings. The van der Waals surface area contributed by atoms with Crippen molar-refractivity contribution < 1.29 is 23.4 Å². The largest absolute Gasteiger partial charge is 0.493 e. The van der Waals surface area contributed by atoms with Gasteiger partial charge in [-0.1, -0.05) is 19.1 Å². The number of amides is 1. The third kappa shape index (κ3) is 6.18. The maximum atomic E-state index is 13.4. The molecule has 0 saturated carbocycles. The first kappa shape index (κ1) is 23.5. The smallest absolute Gasteiger partial charge is 0.251 e. The van der Waals surface area contributed by atoms with Crippen molar-refractivity contribution in [2.24, 2.45) is 0 Å². The van der Waals surface area contributed by atoms with Gasteiger partial charge in [0.15, 0.2) is 11.5 Å². The third-order valence-electron chi connectivity index (χ3n) is 5.14. The molecule has 0 aliphatic carbocycles. The highest BCUT2D eigenvalue weighted by Crippen LogP contribution is 2.36. The second kappa shape index (κ2) is 11.5. The molecule has 1 aliphatic heterocycles. The zero-order valence-electron chi connectivity index (χ0n) is 17.8. The molecule has 0 aromatic heterocycles. The second-order valence-electron chi connectivity index (χ2n) is 7.26. The lowest BCUT2D eigenvalue weighted by molar-refractivity contribution is 0.0162. The Labute approximate surface area is 190 Å². The maximum absolute atomic E-state index is 13.4. The lowest BCUT2D eigenvalue weighted by Gasteiger charge is -2.35. The molecule has 31 heavy (non-hydrogen) atoms. The Bertz CT molecular complexity index is 873. The standard InChI is InChI=1S/C23H28BrFN2O4/c1-3-10-31-22-19(24)13-17(14-21(22)29-2)23(28)26-15-20(27-8-11-30-12-9-27)16-4-6-18(25)7-5-16/h4-7,13-14,20H,3,8-12,15H2,1-2H3,(H,26,28). The van der Waals surface area contributed by atoms with Gasteiger partial charge in [0.05, 0.1) is 37.4 Å². The highest BCUT2D eigenvalue weighted by Gasteiger charge is 2.24. The molecule has 1 N–H and O–H groups in total. The van der Waals surface area contributed by atoms with Crippen molar-refractivity contribution in [1.82, 2.24) is 10.2 Å². The zero-order chi connectivity index (χ0) is 22.2. The van der Waals surface area contributed by atoms with Crippen LogP contribution in [0.15, 0.2) is 40.9 Å². The van der Waals surface area contributed by atoms with Gasteiger partial charge in [-0.05, 0) is 52.2 Å². The van der Waals surface area contributed by atoms with Crippen LogP contribution in [-0.2, 0) is 4.74 Å². The number of carbonyl (C=O) groups excluding carboxylic acids is 1. The first-order valence-corrected chi connectivity index (χ1v) is 11.2. The van der Waals surface area contributed by atoms with Crippen LogP contribution in [0.3, 0.4) is 0 Å². The van der Waals surface area contributed by atoms with Gasteiger partial charge >= 0.3 is 0 Å². The molecule has 6 nitrogen and oxygen atoms in total. The molecule has 3 rings (SSSR count). The molecule has 168 valence electrons. The number of ether oxygens (including phenoxy) is 3. The Kier molecular flexibility index (Phi) is 8.69. The van der Waals surface area contributed by atoms with Crippen molar-refractivity contribution in [1.29, 1.82) is 0 Å². The van der Waals surface area contributed by atoms with E-state index in [-0.39, 0.29) is 17.8 Å². The number of carbonyl (C=O) groups is 1. The van der Waals surface area contributed by atoms with Gasteiger partial charge in [0.1, 0.15) is 5.82 Å². The van der Waals surface area contributed by atoms with E-state index >= 15 is 0 Å². The SMILES string of the molecule is CCCOc1c(Br)cc(C(=O)NCC(c2ccc(F)cc2)N2CCOCC2)cc1OC. The fourth-order valence-electron chi connectivity index (χ4n) is 3.52. The molecular formula is C23H28BrFN2O4. The number of morpholine rings is 1. The van der Waals surface area contributed by atoms with Crippen molar-refractivity contribution >= 4 is 21.8 Å². The van der Waals surface area contributed by atoms with E-state index in [2.05, 4.69) is 26.1 Å². The van der Waals surface area contributed by atoms with Crippen LogP contribution in [0.1, 0.15) is 35.3 Å². The molecule has 1 atom stereocenters. The summed E-state index contributed by atoms with van der Waals surface area (Å²) in [4.78, 5) is 15.2. The number of methoxy groups -OCH3 is 1. The van der Waals surface area contributed by atoms with E-state index in [0.717, 1.165) is 25.1 Å². The minimum Gasteiger partial charge on any atom is -0.493 e. The molecule has 1 heterocycles. The minimum atomic E-state index is -0.282. The summed E-state index contributed by atoms with van der Waals surface area (Å²) >= 11 is 3.48. The van der Waals surface area contributed by atoms with Gasteiger partial charge in [-0.3, -0.25) is 9.69 Å². The van der Waals surface area contributed by atoms with Crippen molar-refractivity contribution in [3.8, 4) is 11.5 Å². The number of hydrogen-bond donors (Lipinski definition) is 1. The molecule has 1 saturated heterocycles. The molecule has 2 aromatic carbocycles. The second-order valence-corrected chi connectivity index (χ2v) is 8.12. The van der Waals surface area contributed by atoms with Gasteiger partial charge in [-0.2, -0.15) is 0 Å². The predicted molar refractivity (Wildman–Crippen MR) is 120 cm³/mol. The van der Waals surface area contributed by atoms with E-state index in [0.29, 0.717) is 47.9 Å². The predicted octanol–water partition coefficient (Wildman–Crippen LogP) is 4.19. The third-order valence-corrected chi connectivity index (χ3v) is 5.73. The monoisotopic (exact) mass is 494 g/mol. The van der Waals surface area contributed by atoms with Crippen LogP contribution < -0.4 is 14.8 Å². The highest BCUT2D eigenvalue weighted by atomic mass is 79.9. The van der Waals surface area contributed by atoms with Crippen molar-refractivity contribution in [2.75, 3.05) is 46.6 Å². The first-order valence-electron chi connectivity index (χ1n) is 10.4. The summed E-state index contributed by atoms with van der Waals surface area (Å²) in [5.41, 5.74) is 1.41. The van der Waals surface area contributed by atoms with Crippen LogP contribution in [0.5, 0.6) is 11.5 Å². The van der Waals surface area contributed by atoms with Gasteiger partial charge in [-0.25, -0.2) is 4.39 Å². The number of nitrogens with one attached hydrogen (secondary N) is 1. The van der Waals surface area contributed by atoms with Crippen molar-refractivity contribution in [3.05, 3.63) is 57.8 Å². The Morgan fingerprint density at radius 2 is 1.97 bits per heavy atom. The number of benzene rings is 2. The van der Waals surface area contributed by atoms with E-state index in [4.69, 9.17) is 14.2 Å². The van der Waals surface area contributed by atoms with Crippen LogP contribution in [0.25, 0.3) is 0 Å². The van der Waals surface area contributed by atoms with Crippen molar-refractivity contribution in [3.63, 3.8) is 0 Å². The molecule has 1 fully saturated rings. The maximum Gasteiger partial charge on any atom is 0.251 e. The summed E-state index contributed by atoms with van der Waals surface area (Å²) in [6.07, 6.45) is 0.865. The van der Waals surface area contributed by atoms with Crippen LogP contribution >= 0.6 is 15.9 Å². The molecule has 0 bridgehead atoms. The van der Waals surface area contributed by atoms with Crippen LogP contribution in [-0.4, -0.2) is 57.4 Å². The number of rotatable bonds is 9. The van der Waals surface area contributed by atoms with E-state index in [1.807, 2.05) is 6.92 Å². The zero-order valence-corrected chi connectivity index (χ0v) is 19.4. The molecule has 1 unspecified atom stereocenters. The Hall–Kier alpha value is -2.16. The van der Waals surface area contributed by atoms with E-state index in [1.165, 1.54) is 12.1 Å². The average molecular weight is 495 g/mol. The Morgan fingerprint density at radius 1 is 1.26 bits per heavy atom. The molecule has 2 aromatic rings. The summed E-state index contributed by atoms with van der Waals surface area (Å²) in [6.45, 7) is 5.73. The summed E-state index contributed by atoms with van der Waals surface area (Å²) in [7, 11) is 1.55. The Balaban J connectivity index is 1.75. The number of halogens is 2. The number of nitrogens with zero attached hydrogens (tertiary/aromatic N) is 1. The van der Waals surface area contributed by atoms with Gasteiger partial charge in [0.2, 0.25) is 0 Å². The first-order chi connectivity index (χ1) is 15.0. The molecule has 1 amide bonds. The fraction of sp³-hybridized carbons (Fsp3) is 0.435. The summed E-state index contributed by atoms with van der Waals surface area (Å²) in [6, 6.07) is 9.74. The molecule has 0 radical (unpaired) electrons. The van der Waals surface area contributed by atoms with E-state index in [1.54, 1.807) is 31.4 Å². The van der Waals surface area contributed by atoms with Crippen LogP contribution in [0.2, 0.25) is 0 Å². The lowest BCUT2D eigenvalue weighted by atomic mass is 10.0. The van der Waals surface area contributed by atoms with E-state index < -0.39 is 0 Å². The van der Waals surface area contributed by atoms with Gasteiger partial charge in [0, 0.05) is 25.2 Å². The highest BCUT2D eigenvalue weighted by molar-refractivity contribution is 9.10. The van der Waals surface area contributed by atoms with Crippen LogP contribution in [0, 0.1) is 5.82 Å². The van der Waals surface area contributed by atoms with E-state index in [9.17, 15) is 9.18 Å². The van der Waals surface area contributed by atoms with Crippen LogP contribution in [0.4, 0.5) is 4.39 Å². The topological polar surface area (TPSA) is 60.0 Å². The quantitative estimate of drug-likeness (QED) is 0.566. The van der Waals surface area contributed by atoms with Crippen molar-refractivity contribution in [2.45, 2.75) is 19.4 Å². The fourth-order valence-corrected chi connectivity index (χ4v) is 4.07. The lowest BCUT2D eigenvalue weighted by Crippen LogP contribution is -2.43. The number of hydrogen-bond acceptors (Lipinski definition) is 5. The van der Waals surface area contributed by atoms with Gasteiger partial charge in [0.25, 0.3) is 5.91 Å². The summed E-state index contributed by atoms with van der Waals surface area (Å²) in [5, 5.41) is 3.02.